The van der Waals surface area contributed by atoms with Gasteiger partial charge in [0, 0.05) is 17.5 Å². The summed E-state index contributed by atoms with van der Waals surface area (Å²) < 4.78 is 84.8. The summed E-state index contributed by atoms with van der Waals surface area (Å²) in [6, 6.07) is 1.85. The van der Waals surface area contributed by atoms with Crippen LogP contribution in [-0.2, 0) is 6.18 Å². The molecule has 3 rings (SSSR count). The fraction of sp³-hybridized carbons (Fsp3) is 0.471. The Morgan fingerprint density at radius 1 is 1.15 bits per heavy atom. The molecule has 1 aromatic heterocycles. The van der Waals surface area contributed by atoms with Crippen LogP contribution >= 0.6 is 0 Å². The molecular formula is C17H16F6N2O2. The number of pyridine rings is 1. The minimum Gasteiger partial charge on any atom is -0.486 e. The van der Waals surface area contributed by atoms with Gasteiger partial charge in [0.05, 0.1) is 22.8 Å². The molecule has 4 nitrogen and oxygen atoms in total. The van der Waals surface area contributed by atoms with Gasteiger partial charge in [0.1, 0.15) is 18.4 Å². The topological polar surface area (TPSA) is 45.3 Å². The zero-order valence-electron chi connectivity index (χ0n) is 14.3. The smallest absolute Gasteiger partial charge is 0.417 e. The highest BCUT2D eigenvalue weighted by atomic mass is 19.4. The Hall–Kier alpha value is -2.39. The van der Waals surface area contributed by atoms with Gasteiger partial charge < -0.3 is 14.6 Å². The Morgan fingerprint density at radius 3 is 2.37 bits per heavy atom. The average Bonchev–Trinajstić information content (AvgIpc) is 2.53. The minimum atomic E-state index is -4.83. The Bertz CT molecular complexity index is 918. The zero-order valence-corrected chi connectivity index (χ0v) is 14.3. The van der Waals surface area contributed by atoms with Gasteiger partial charge in [-0.2, -0.15) is 26.3 Å². The van der Waals surface area contributed by atoms with Gasteiger partial charge >= 0.3 is 12.4 Å². The third-order valence-corrected chi connectivity index (χ3v) is 4.60. The molecule has 1 aliphatic heterocycles. The SMILES string of the molecule is CC[C@H]1Oc2cc3[nH]c(=O)cc(C(F)(F)F)c3cc2N(CC(F)(F)F)[C@@H]1C. The first-order chi connectivity index (χ1) is 12.4. The Kier molecular flexibility index (Phi) is 4.55. The third-order valence-electron chi connectivity index (χ3n) is 4.60. The van der Waals surface area contributed by atoms with Crippen molar-refractivity contribution in [1.82, 2.24) is 4.98 Å². The molecule has 0 spiro atoms. The van der Waals surface area contributed by atoms with E-state index < -0.39 is 47.6 Å². The molecule has 0 saturated heterocycles. The molecule has 27 heavy (non-hydrogen) atoms. The maximum absolute atomic E-state index is 13.3. The van der Waals surface area contributed by atoms with Crippen molar-refractivity contribution in [2.24, 2.45) is 0 Å². The number of fused-ring (bicyclic) bond motifs is 2. The molecule has 0 fully saturated rings. The first-order valence-corrected chi connectivity index (χ1v) is 8.19. The Labute approximate surface area is 149 Å². The quantitative estimate of drug-likeness (QED) is 0.765. The largest absolute Gasteiger partial charge is 0.486 e. The number of ether oxygens (including phenoxy) is 1. The van der Waals surface area contributed by atoms with Gasteiger partial charge in [-0.25, -0.2) is 0 Å². The number of anilines is 1. The van der Waals surface area contributed by atoms with Crippen LogP contribution in [0.4, 0.5) is 32.0 Å². The summed E-state index contributed by atoms with van der Waals surface area (Å²) in [7, 11) is 0. The highest BCUT2D eigenvalue weighted by molar-refractivity contribution is 5.89. The molecule has 0 radical (unpaired) electrons. The minimum absolute atomic E-state index is 0.00618. The fourth-order valence-electron chi connectivity index (χ4n) is 3.35. The number of hydrogen-bond acceptors (Lipinski definition) is 3. The number of hydrogen-bond donors (Lipinski definition) is 1. The van der Waals surface area contributed by atoms with Crippen molar-refractivity contribution in [3.8, 4) is 5.75 Å². The highest BCUT2D eigenvalue weighted by Gasteiger charge is 2.40. The molecule has 1 N–H and O–H groups in total. The lowest BCUT2D eigenvalue weighted by molar-refractivity contribution is -0.136. The first kappa shape index (κ1) is 19.4. The first-order valence-electron chi connectivity index (χ1n) is 8.19. The predicted octanol–water partition coefficient (Wildman–Crippen LogP) is 4.48. The van der Waals surface area contributed by atoms with E-state index >= 15 is 0 Å². The van der Waals surface area contributed by atoms with Crippen molar-refractivity contribution in [3.05, 3.63) is 34.1 Å². The third kappa shape index (κ3) is 3.70. The Balaban J connectivity index is 2.27. The second-order valence-corrected chi connectivity index (χ2v) is 6.46. The van der Waals surface area contributed by atoms with E-state index in [1.807, 2.05) is 0 Å². The maximum Gasteiger partial charge on any atom is 0.417 e. The molecule has 2 aromatic rings. The van der Waals surface area contributed by atoms with Gasteiger partial charge in [-0.3, -0.25) is 4.79 Å². The summed E-state index contributed by atoms with van der Waals surface area (Å²) in [4.78, 5) is 14.9. The van der Waals surface area contributed by atoms with Crippen molar-refractivity contribution in [3.63, 3.8) is 0 Å². The van der Waals surface area contributed by atoms with Crippen molar-refractivity contribution < 1.29 is 31.1 Å². The van der Waals surface area contributed by atoms with Gasteiger partial charge in [-0.15, -0.1) is 0 Å². The number of rotatable bonds is 2. The molecule has 0 unspecified atom stereocenters. The second kappa shape index (κ2) is 6.35. The van der Waals surface area contributed by atoms with E-state index in [1.165, 1.54) is 6.92 Å². The normalized spacial score (nSPS) is 20.5. The monoisotopic (exact) mass is 394 g/mol. The van der Waals surface area contributed by atoms with Gasteiger partial charge in [0.25, 0.3) is 0 Å². The predicted molar refractivity (Wildman–Crippen MR) is 87.1 cm³/mol. The van der Waals surface area contributed by atoms with E-state index in [9.17, 15) is 31.1 Å². The second-order valence-electron chi connectivity index (χ2n) is 6.46. The molecule has 1 aromatic carbocycles. The summed E-state index contributed by atoms with van der Waals surface area (Å²) in [6.45, 7) is 1.95. The van der Waals surface area contributed by atoms with Crippen LogP contribution in [0, 0.1) is 0 Å². The standard InChI is InChI=1S/C17H16F6N2O2/c1-3-13-8(2)25(7-16(18,19)20)12-4-9-10(17(21,22)23)5-15(26)24-11(9)6-14(12)27-13/h4-6,8,13H,3,7H2,1-2H3,(H,24,26)/t8-,13-/m1/s1. The average molecular weight is 394 g/mol. The van der Waals surface area contributed by atoms with Crippen molar-refractivity contribution in [2.45, 2.75) is 44.8 Å². The van der Waals surface area contributed by atoms with Crippen LogP contribution in [0.2, 0.25) is 0 Å². The number of nitrogens with zero attached hydrogens (tertiary/aromatic N) is 1. The number of benzene rings is 1. The summed E-state index contributed by atoms with van der Waals surface area (Å²) in [5.41, 5.74) is -2.40. The zero-order chi connectivity index (χ0) is 20.1. The van der Waals surface area contributed by atoms with Crippen molar-refractivity contribution in [1.29, 1.82) is 0 Å². The summed E-state index contributed by atoms with van der Waals surface area (Å²) >= 11 is 0. The lowest BCUT2D eigenvalue weighted by atomic mass is 10.0. The van der Waals surface area contributed by atoms with Crippen LogP contribution < -0.4 is 15.2 Å². The summed E-state index contributed by atoms with van der Waals surface area (Å²) in [5.74, 6) is 0.00618. The molecule has 1 aliphatic rings. The van der Waals surface area contributed by atoms with E-state index in [0.29, 0.717) is 12.5 Å². The van der Waals surface area contributed by atoms with Gasteiger partial charge in [0.2, 0.25) is 5.56 Å². The van der Waals surface area contributed by atoms with Gasteiger partial charge in [-0.1, -0.05) is 6.92 Å². The van der Waals surface area contributed by atoms with Crippen LogP contribution in [0.3, 0.4) is 0 Å². The Morgan fingerprint density at radius 2 is 1.81 bits per heavy atom. The van der Waals surface area contributed by atoms with Crippen LogP contribution in [0.1, 0.15) is 25.8 Å². The number of aromatic nitrogens is 1. The van der Waals surface area contributed by atoms with Crippen LogP contribution in [0.25, 0.3) is 10.9 Å². The molecule has 0 aliphatic carbocycles. The van der Waals surface area contributed by atoms with E-state index in [2.05, 4.69) is 4.98 Å². The van der Waals surface area contributed by atoms with E-state index in [1.54, 1.807) is 6.92 Å². The molecule has 2 atom stereocenters. The fourth-order valence-corrected chi connectivity index (χ4v) is 3.35. The van der Waals surface area contributed by atoms with Crippen molar-refractivity contribution in [2.75, 3.05) is 11.4 Å². The number of aromatic amines is 1. The summed E-state index contributed by atoms with van der Waals surface area (Å²) in [5, 5.41) is -0.390. The van der Waals surface area contributed by atoms with E-state index in [-0.39, 0.29) is 17.0 Å². The molecule has 2 heterocycles. The number of halogens is 6. The maximum atomic E-state index is 13.3. The van der Waals surface area contributed by atoms with Crippen molar-refractivity contribution >= 4 is 16.6 Å². The van der Waals surface area contributed by atoms with Gasteiger partial charge in [0.15, 0.2) is 0 Å². The number of nitrogens with one attached hydrogen (secondary N) is 1. The van der Waals surface area contributed by atoms with Crippen LogP contribution in [-0.4, -0.2) is 29.9 Å². The van der Waals surface area contributed by atoms with E-state index in [4.69, 9.17) is 4.74 Å². The molecular weight excluding hydrogens is 378 g/mol. The lowest BCUT2D eigenvalue weighted by Gasteiger charge is -2.42. The molecule has 0 amide bonds. The number of alkyl halides is 6. The highest BCUT2D eigenvalue weighted by Crippen LogP contribution is 2.43. The molecule has 0 bridgehead atoms. The van der Waals surface area contributed by atoms with Gasteiger partial charge in [-0.05, 0) is 19.4 Å². The summed E-state index contributed by atoms with van der Waals surface area (Å²) in [6.07, 6.45) is -9.54. The molecule has 148 valence electrons. The number of H-pyrrole nitrogens is 1. The van der Waals surface area contributed by atoms with E-state index in [0.717, 1.165) is 17.0 Å². The van der Waals surface area contributed by atoms with Crippen LogP contribution in [0.5, 0.6) is 5.75 Å². The molecule has 0 saturated carbocycles. The van der Waals surface area contributed by atoms with Crippen LogP contribution in [0.15, 0.2) is 23.0 Å². The molecule has 10 heteroatoms. The lowest BCUT2D eigenvalue weighted by Crippen LogP contribution is -2.51.